The Kier molecular flexibility index (Phi) is 5.82. The van der Waals surface area contributed by atoms with Crippen LogP contribution in [0, 0.1) is 5.92 Å². The second kappa shape index (κ2) is 8.46. The molecule has 6 heteroatoms. The number of aryl methyl sites for hydroxylation is 1. The first-order chi connectivity index (χ1) is 12.2. The first kappa shape index (κ1) is 17.2. The summed E-state index contributed by atoms with van der Waals surface area (Å²) in [6.45, 7) is 1.55. The van der Waals surface area contributed by atoms with Crippen LogP contribution in [0.1, 0.15) is 30.5 Å². The molecular formula is C19H23N3O3. The lowest BCUT2D eigenvalue weighted by Crippen LogP contribution is -2.46. The highest BCUT2D eigenvalue weighted by Gasteiger charge is 2.29. The van der Waals surface area contributed by atoms with Crippen molar-refractivity contribution in [3.63, 3.8) is 0 Å². The molecule has 0 saturated carbocycles. The van der Waals surface area contributed by atoms with Gasteiger partial charge >= 0.3 is 0 Å². The van der Waals surface area contributed by atoms with E-state index < -0.39 is 0 Å². The Bertz CT molecular complexity index is 685. The molecule has 1 aromatic heterocycles. The maximum Gasteiger partial charge on any atom is 0.225 e. The molecule has 1 aliphatic heterocycles. The molecule has 3 rings (SSSR count). The first-order valence-corrected chi connectivity index (χ1v) is 8.71. The average molecular weight is 341 g/mol. The van der Waals surface area contributed by atoms with E-state index in [0.717, 1.165) is 12.8 Å². The summed E-state index contributed by atoms with van der Waals surface area (Å²) < 4.78 is 4.75. The Morgan fingerprint density at radius 2 is 2.12 bits per heavy atom. The van der Waals surface area contributed by atoms with Gasteiger partial charge in [0.1, 0.15) is 12.0 Å². The van der Waals surface area contributed by atoms with Crippen LogP contribution in [0.3, 0.4) is 0 Å². The highest BCUT2D eigenvalue weighted by Crippen LogP contribution is 2.18. The van der Waals surface area contributed by atoms with Gasteiger partial charge in [-0.25, -0.2) is 0 Å². The smallest absolute Gasteiger partial charge is 0.225 e. The zero-order valence-electron chi connectivity index (χ0n) is 14.2. The molecule has 1 saturated heterocycles. The Hall–Kier alpha value is -2.63. The minimum Gasteiger partial charge on any atom is -0.364 e. The predicted molar refractivity (Wildman–Crippen MR) is 92.4 cm³/mol. The lowest BCUT2D eigenvalue weighted by atomic mass is 9.96. The third kappa shape index (κ3) is 4.92. The minimum atomic E-state index is -0.152. The van der Waals surface area contributed by atoms with Gasteiger partial charge in [0.15, 0.2) is 0 Å². The minimum absolute atomic E-state index is 0.0245. The Morgan fingerprint density at radius 1 is 1.28 bits per heavy atom. The van der Waals surface area contributed by atoms with Gasteiger partial charge in [0.05, 0.1) is 12.5 Å². The highest BCUT2D eigenvalue weighted by molar-refractivity contribution is 5.83. The monoisotopic (exact) mass is 341 g/mol. The number of nitrogens with zero attached hydrogens (tertiary/aromatic N) is 2. The lowest BCUT2D eigenvalue weighted by molar-refractivity contribution is -0.138. The van der Waals surface area contributed by atoms with Crippen LogP contribution in [0.4, 0.5) is 0 Å². The van der Waals surface area contributed by atoms with E-state index in [1.807, 2.05) is 23.1 Å². The molecule has 0 spiro atoms. The largest absolute Gasteiger partial charge is 0.364 e. The number of nitrogens with one attached hydrogen (secondary N) is 1. The summed E-state index contributed by atoms with van der Waals surface area (Å²) in [6, 6.07) is 12.0. The highest BCUT2D eigenvalue weighted by atomic mass is 16.5. The van der Waals surface area contributed by atoms with E-state index in [1.54, 1.807) is 6.07 Å². The van der Waals surface area contributed by atoms with E-state index in [0.29, 0.717) is 38.2 Å². The molecule has 25 heavy (non-hydrogen) atoms. The van der Waals surface area contributed by atoms with Crippen molar-refractivity contribution in [2.24, 2.45) is 5.92 Å². The zero-order chi connectivity index (χ0) is 17.5. The summed E-state index contributed by atoms with van der Waals surface area (Å²) in [6.07, 6.45) is 4.37. The summed E-state index contributed by atoms with van der Waals surface area (Å²) in [5, 5.41) is 6.65. The fourth-order valence-electron chi connectivity index (χ4n) is 3.11. The van der Waals surface area contributed by atoms with Gasteiger partial charge in [-0.15, -0.1) is 0 Å². The van der Waals surface area contributed by atoms with Gasteiger partial charge in [-0.05, 0) is 24.8 Å². The molecule has 2 heterocycles. The fraction of sp³-hybridized carbons (Fsp3) is 0.421. The van der Waals surface area contributed by atoms with Crippen molar-refractivity contribution in [3.05, 3.63) is 53.9 Å². The van der Waals surface area contributed by atoms with Crippen LogP contribution in [-0.4, -0.2) is 35.0 Å². The molecule has 0 aliphatic carbocycles. The number of benzene rings is 1. The van der Waals surface area contributed by atoms with Gasteiger partial charge in [0, 0.05) is 25.6 Å². The van der Waals surface area contributed by atoms with Crippen LogP contribution in [-0.2, 0) is 22.6 Å². The normalized spacial score (nSPS) is 17.5. The van der Waals surface area contributed by atoms with Crippen LogP contribution in [0.25, 0.3) is 0 Å². The first-order valence-electron chi connectivity index (χ1n) is 8.71. The van der Waals surface area contributed by atoms with Crippen LogP contribution < -0.4 is 5.32 Å². The standard InChI is InChI=1S/C19H23N3O3/c23-18-9-8-16(19(24)20-13-17-10-12-25-21-17)14-22(18)11-4-7-15-5-2-1-3-6-15/h1-3,5-6,10,12,16H,4,7-9,11,13-14H2,(H,20,24)/t16-/m0/s1. The van der Waals surface area contributed by atoms with Crippen molar-refractivity contribution < 1.29 is 14.1 Å². The average Bonchev–Trinajstić information content (AvgIpc) is 3.16. The number of aromatic nitrogens is 1. The third-order valence-electron chi connectivity index (χ3n) is 4.54. The van der Waals surface area contributed by atoms with Gasteiger partial charge < -0.3 is 14.7 Å². The van der Waals surface area contributed by atoms with E-state index in [2.05, 4.69) is 22.6 Å². The van der Waals surface area contributed by atoms with Crippen molar-refractivity contribution >= 4 is 11.8 Å². The maximum absolute atomic E-state index is 12.3. The molecule has 1 aliphatic rings. The van der Waals surface area contributed by atoms with Gasteiger partial charge in [0.2, 0.25) is 11.8 Å². The van der Waals surface area contributed by atoms with Crippen LogP contribution in [0.5, 0.6) is 0 Å². The molecule has 132 valence electrons. The van der Waals surface area contributed by atoms with Crippen LogP contribution >= 0.6 is 0 Å². The van der Waals surface area contributed by atoms with Gasteiger partial charge in [-0.1, -0.05) is 35.5 Å². The summed E-state index contributed by atoms with van der Waals surface area (Å²) >= 11 is 0. The molecule has 0 unspecified atom stereocenters. The van der Waals surface area contributed by atoms with Crippen molar-refractivity contribution in [2.45, 2.75) is 32.2 Å². The van der Waals surface area contributed by atoms with Gasteiger partial charge in [0.25, 0.3) is 0 Å². The van der Waals surface area contributed by atoms with Crippen LogP contribution in [0.15, 0.2) is 47.2 Å². The van der Waals surface area contributed by atoms with Crippen molar-refractivity contribution in [3.8, 4) is 0 Å². The quantitative estimate of drug-likeness (QED) is 0.837. The summed E-state index contributed by atoms with van der Waals surface area (Å²) in [5.41, 5.74) is 1.97. The molecule has 1 aromatic carbocycles. The zero-order valence-corrected chi connectivity index (χ0v) is 14.2. The van der Waals surface area contributed by atoms with Crippen molar-refractivity contribution in [1.29, 1.82) is 0 Å². The molecule has 2 amide bonds. The Morgan fingerprint density at radius 3 is 2.88 bits per heavy atom. The van der Waals surface area contributed by atoms with E-state index in [9.17, 15) is 9.59 Å². The molecule has 1 fully saturated rings. The molecule has 0 bridgehead atoms. The maximum atomic E-state index is 12.3. The number of piperidine rings is 1. The van der Waals surface area contributed by atoms with E-state index >= 15 is 0 Å². The van der Waals surface area contributed by atoms with Crippen molar-refractivity contribution in [1.82, 2.24) is 15.4 Å². The van der Waals surface area contributed by atoms with Gasteiger partial charge in [-0.2, -0.15) is 0 Å². The summed E-state index contributed by atoms with van der Waals surface area (Å²) in [4.78, 5) is 26.3. The third-order valence-corrected chi connectivity index (χ3v) is 4.54. The SMILES string of the molecule is O=C(NCc1ccon1)[C@H]1CCC(=O)N(CCCc2ccccc2)C1. The fourth-order valence-corrected chi connectivity index (χ4v) is 3.11. The number of hydrogen-bond acceptors (Lipinski definition) is 4. The molecule has 1 atom stereocenters. The lowest BCUT2D eigenvalue weighted by Gasteiger charge is -2.32. The number of carbonyl (C=O) groups is 2. The number of likely N-dealkylation sites (tertiary alicyclic amines) is 1. The van der Waals surface area contributed by atoms with Gasteiger partial charge in [-0.3, -0.25) is 9.59 Å². The number of carbonyl (C=O) groups excluding carboxylic acids is 2. The molecule has 1 N–H and O–H groups in total. The van der Waals surface area contributed by atoms with E-state index in [-0.39, 0.29) is 17.7 Å². The topological polar surface area (TPSA) is 75.4 Å². The second-order valence-corrected chi connectivity index (χ2v) is 6.37. The number of hydrogen-bond donors (Lipinski definition) is 1. The number of amides is 2. The predicted octanol–water partition coefficient (Wildman–Crippen LogP) is 2.16. The summed E-state index contributed by atoms with van der Waals surface area (Å²) in [7, 11) is 0. The second-order valence-electron chi connectivity index (χ2n) is 6.37. The molecule has 2 aromatic rings. The molecule has 0 radical (unpaired) electrons. The van der Waals surface area contributed by atoms with E-state index in [1.165, 1.54) is 11.8 Å². The molecular weight excluding hydrogens is 318 g/mol. The summed E-state index contributed by atoms with van der Waals surface area (Å²) in [5.74, 6) is -0.0292. The molecule has 6 nitrogen and oxygen atoms in total. The Balaban J connectivity index is 1.45. The van der Waals surface area contributed by atoms with Crippen molar-refractivity contribution in [2.75, 3.05) is 13.1 Å². The van der Waals surface area contributed by atoms with E-state index in [4.69, 9.17) is 4.52 Å². The van der Waals surface area contributed by atoms with Crippen LogP contribution in [0.2, 0.25) is 0 Å². The Labute approximate surface area is 147 Å². The number of rotatable bonds is 7.